The zero-order chi connectivity index (χ0) is 16.6. The lowest BCUT2D eigenvalue weighted by molar-refractivity contribution is -0.137. The van der Waals surface area contributed by atoms with Crippen LogP contribution in [0.4, 0.5) is 18.9 Å². The average Bonchev–Trinajstić information content (AvgIpc) is 2.89. The third kappa shape index (κ3) is 3.50. The summed E-state index contributed by atoms with van der Waals surface area (Å²) < 4.78 is 39.8. The van der Waals surface area contributed by atoms with Crippen LogP contribution < -0.4 is 4.90 Å². The van der Waals surface area contributed by atoms with E-state index in [1.807, 2.05) is 24.3 Å². The molecule has 2 aromatic rings. The molecule has 0 saturated carbocycles. The molecular formula is C16H11F3INOS. The van der Waals surface area contributed by atoms with E-state index in [1.165, 1.54) is 17.8 Å². The van der Waals surface area contributed by atoms with Gasteiger partial charge >= 0.3 is 6.18 Å². The van der Waals surface area contributed by atoms with Crippen LogP contribution in [0.3, 0.4) is 0 Å². The number of carbonyl (C=O) groups excluding carboxylic acids is 1. The van der Waals surface area contributed by atoms with E-state index < -0.39 is 17.1 Å². The molecule has 0 aliphatic carbocycles. The smallest absolute Gasteiger partial charge is 0.295 e. The summed E-state index contributed by atoms with van der Waals surface area (Å²) in [6.07, 6.45) is -4.39. The predicted molar refractivity (Wildman–Crippen MR) is 93.3 cm³/mol. The molecule has 0 radical (unpaired) electrons. The van der Waals surface area contributed by atoms with Crippen molar-refractivity contribution >= 4 is 45.9 Å². The van der Waals surface area contributed by atoms with Crippen LogP contribution in [0.5, 0.6) is 0 Å². The van der Waals surface area contributed by atoms with Crippen LogP contribution in [-0.2, 0) is 11.0 Å². The van der Waals surface area contributed by atoms with Crippen molar-refractivity contribution in [2.75, 3.05) is 10.7 Å². The van der Waals surface area contributed by atoms with Crippen molar-refractivity contribution in [1.29, 1.82) is 0 Å². The number of halogens is 4. The molecule has 1 saturated heterocycles. The molecule has 1 aliphatic rings. The fourth-order valence-corrected chi connectivity index (χ4v) is 3.95. The van der Waals surface area contributed by atoms with E-state index in [-0.39, 0.29) is 11.7 Å². The lowest BCUT2D eigenvalue weighted by Gasteiger charge is -2.25. The Morgan fingerprint density at radius 1 is 1.13 bits per heavy atom. The standard InChI is InChI=1S/C16H11F3INOS/c17-16(18,19)11-3-1-2-10(8-11)15-21(14(22)9-23-15)13-6-4-12(20)5-7-13/h1-8,15H,9H2/t15-/m1/s1. The van der Waals surface area contributed by atoms with Gasteiger partial charge in [-0.2, -0.15) is 13.2 Å². The molecule has 23 heavy (non-hydrogen) atoms. The quantitative estimate of drug-likeness (QED) is 0.596. The first-order chi connectivity index (χ1) is 10.9. The molecule has 1 amide bonds. The Morgan fingerprint density at radius 2 is 1.83 bits per heavy atom. The van der Waals surface area contributed by atoms with E-state index in [4.69, 9.17) is 0 Å². The normalized spacial score (nSPS) is 18.5. The molecule has 7 heteroatoms. The number of nitrogens with zero attached hydrogens (tertiary/aromatic N) is 1. The Balaban J connectivity index is 1.98. The van der Waals surface area contributed by atoms with E-state index in [2.05, 4.69) is 22.6 Å². The predicted octanol–water partition coefficient (Wildman–Crippen LogP) is 5.09. The molecule has 120 valence electrons. The first-order valence-electron chi connectivity index (χ1n) is 6.72. The molecule has 2 aromatic carbocycles. The van der Waals surface area contributed by atoms with E-state index in [0.717, 1.165) is 15.7 Å². The topological polar surface area (TPSA) is 20.3 Å². The summed E-state index contributed by atoms with van der Waals surface area (Å²) in [4.78, 5) is 13.8. The van der Waals surface area contributed by atoms with Crippen molar-refractivity contribution in [2.24, 2.45) is 0 Å². The molecule has 0 bridgehead atoms. The number of hydrogen-bond donors (Lipinski definition) is 0. The van der Waals surface area contributed by atoms with E-state index in [0.29, 0.717) is 11.3 Å². The second-order valence-corrected chi connectivity index (χ2v) is 7.34. The molecule has 1 fully saturated rings. The third-order valence-corrected chi connectivity index (χ3v) is 5.40. The molecule has 0 unspecified atom stereocenters. The number of hydrogen-bond acceptors (Lipinski definition) is 2. The molecule has 0 aromatic heterocycles. The first kappa shape index (κ1) is 16.6. The van der Waals surface area contributed by atoms with Gasteiger partial charge in [0.2, 0.25) is 5.91 Å². The molecule has 2 nitrogen and oxygen atoms in total. The van der Waals surface area contributed by atoms with E-state index in [1.54, 1.807) is 11.0 Å². The van der Waals surface area contributed by atoms with E-state index >= 15 is 0 Å². The van der Waals surface area contributed by atoms with Crippen molar-refractivity contribution in [3.8, 4) is 0 Å². The van der Waals surface area contributed by atoms with Crippen molar-refractivity contribution in [2.45, 2.75) is 11.6 Å². The van der Waals surface area contributed by atoms with Crippen LogP contribution in [0.25, 0.3) is 0 Å². The van der Waals surface area contributed by atoms with Crippen LogP contribution in [-0.4, -0.2) is 11.7 Å². The maximum absolute atomic E-state index is 12.9. The highest BCUT2D eigenvalue weighted by atomic mass is 127. The Morgan fingerprint density at radius 3 is 2.48 bits per heavy atom. The van der Waals surface area contributed by atoms with Crippen LogP contribution in [0, 0.1) is 3.57 Å². The minimum absolute atomic E-state index is 0.0985. The Kier molecular flexibility index (Phi) is 4.59. The van der Waals surface area contributed by atoms with Gasteiger partial charge in [0, 0.05) is 9.26 Å². The van der Waals surface area contributed by atoms with Gasteiger partial charge in [-0.15, -0.1) is 11.8 Å². The summed E-state index contributed by atoms with van der Waals surface area (Å²) >= 11 is 3.50. The third-order valence-electron chi connectivity index (χ3n) is 3.47. The van der Waals surface area contributed by atoms with Gasteiger partial charge in [-0.3, -0.25) is 9.69 Å². The summed E-state index contributed by atoms with van der Waals surface area (Å²) in [5.41, 5.74) is 0.481. The summed E-state index contributed by atoms with van der Waals surface area (Å²) in [5, 5.41) is -0.440. The van der Waals surface area contributed by atoms with Gasteiger partial charge in [0.15, 0.2) is 0 Å². The average molecular weight is 449 g/mol. The maximum Gasteiger partial charge on any atom is 0.416 e. The lowest BCUT2D eigenvalue weighted by Crippen LogP contribution is -2.27. The van der Waals surface area contributed by atoms with Crippen molar-refractivity contribution in [1.82, 2.24) is 0 Å². The van der Waals surface area contributed by atoms with E-state index in [9.17, 15) is 18.0 Å². The maximum atomic E-state index is 12.9. The molecule has 0 N–H and O–H groups in total. The largest absolute Gasteiger partial charge is 0.416 e. The fraction of sp³-hybridized carbons (Fsp3) is 0.188. The zero-order valence-corrected chi connectivity index (χ0v) is 14.7. The second-order valence-electron chi connectivity index (χ2n) is 5.03. The molecular weight excluding hydrogens is 438 g/mol. The summed E-state index contributed by atoms with van der Waals surface area (Å²) in [5.74, 6) is 0.158. The monoisotopic (exact) mass is 449 g/mol. The van der Waals surface area contributed by atoms with Crippen LogP contribution in [0.1, 0.15) is 16.5 Å². The highest BCUT2D eigenvalue weighted by molar-refractivity contribution is 14.1. The number of alkyl halides is 3. The van der Waals surface area contributed by atoms with Crippen LogP contribution >= 0.6 is 34.4 Å². The minimum atomic E-state index is -4.39. The van der Waals surface area contributed by atoms with Crippen molar-refractivity contribution < 1.29 is 18.0 Å². The molecule has 1 heterocycles. The van der Waals surface area contributed by atoms with Gasteiger partial charge in [-0.1, -0.05) is 12.1 Å². The number of amides is 1. The van der Waals surface area contributed by atoms with Gasteiger partial charge in [-0.05, 0) is 64.6 Å². The molecule has 3 rings (SSSR count). The lowest BCUT2D eigenvalue weighted by atomic mass is 10.1. The summed E-state index contributed by atoms with van der Waals surface area (Å²) in [6, 6.07) is 12.5. The zero-order valence-electron chi connectivity index (χ0n) is 11.7. The number of carbonyl (C=O) groups is 1. The number of rotatable bonds is 2. The van der Waals surface area contributed by atoms with Crippen molar-refractivity contribution in [3.63, 3.8) is 0 Å². The molecule has 1 atom stereocenters. The first-order valence-corrected chi connectivity index (χ1v) is 8.85. The minimum Gasteiger partial charge on any atom is -0.295 e. The van der Waals surface area contributed by atoms with Crippen LogP contribution in [0.2, 0.25) is 0 Å². The highest BCUT2D eigenvalue weighted by Gasteiger charge is 2.36. The van der Waals surface area contributed by atoms with Gasteiger partial charge in [-0.25, -0.2) is 0 Å². The van der Waals surface area contributed by atoms with Gasteiger partial charge in [0.25, 0.3) is 0 Å². The highest BCUT2D eigenvalue weighted by Crippen LogP contribution is 2.43. The van der Waals surface area contributed by atoms with Gasteiger partial charge in [0.1, 0.15) is 5.37 Å². The second kappa shape index (κ2) is 6.35. The van der Waals surface area contributed by atoms with Gasteiger partial charge in [0.05, 0.1) is 11.3 Å². The summed E-state index contributed by atoms with van der Waals surface area (Å²) in [7, 11) is 0. The Labute approximate surface area is 149 Å². The number of anilines is 1. The molecule has 1 aliphatic heterocycles. The SMILES string of the molecule is O=C1CS[C@H](c2cccc(C(F)(F)F)c2)N1c1ccc(I)cc1. The Bertz CT molecular complexity index is 733. The fourth-order valence-electron chi connectivity index (χ4n) is 2.42. The number of benzene rings is 2. The van der Waals surface area contributed by atoms with Crippen molar-refractivity contribution in [3.05, 3.63) is 63.2 Å². The van der Waals surface area contributed by atoms with Crippen LogP contribution in [0.15, 0.2) is 48.5 Å². The number of thioether (sulfide) groups is 1. The molecule has 0 spiro atoms. The summed E-state index contributed by atoms with van der Waals surface area (Å²) in [6.45, 7) is 0. The Hall–Kier alpha value is -1.22. The van der Waals surface area contributed by atoms with Gasteiger partial charge < -0.3 is 0 Å².